The van der Waals surface area contributed by atoms with E-state index in [1.165, 1.54) is 0 Å². The van der Waals surface area contributed by atoms with E-state index in [-0.39, 0.29) is 11.5 Å². The summed E-state index contributed by atoms with van der Waals surface area (Å²) in [7, 11) is 0. The molecule has 31 heavy (non-hydrogen) atoms. The average Bonchev–Trinajstić information content (AvgIpc) is 2.75. The van der Waals surface area contributed by atoms with Gasteiger partial charge in [-0.3, -0.25) is 9.59 Å². The van der Waals surface area contributed by atoms with Crippen LogP contribution in [0.3, 0.4) is 0 Å². The number of H-pyrrole nitrogens is 1. The molecule has 2 aromatic carbocycles. The lowest BCUT2D eigenvalue weighted by Gasteiger charge is -2.16. The molecule has 0 aliphatic carbocycles. The van der Waals surface area contributed by atoms with Crippen LogP contribution in [0.5, 0.6) is 0 Å². The molecule has 0 unspecified atom stereocenters. The molecule has 0 radical (unpaired) electrons. The van der Waals surface area contributed by atoms with Crippen molar-refractivity contribution in [2.45, 2.75) is 44.5 Å². The maximum atomic E-state index is 12.8. The van der Waals surface area contributed by atoms with Gasteiger partial charge < -0.3 is 10.3 Å². The third kappa shape index (κ3) is 5.04. The van der Waals surface area contributed by atoms with Crippen molar-refractivity contribution in [3.8, 4) is 17.3 Å². The van der Waals surface area contributed by atoms with Crippen LogP contribution < -0.4 is 10.9 Å². The van der Waals surface area contributed by atoms with Crippen LogP contribution >= 0.6 is 11.8 Å². The minimum absolute atomic E-state index is 0.0437. The molecule has 3 aromatic rings. The molecule has 1 heterocycles. The van der Waals surface area contributed by atoms with Gasteiger partial charge in [0, 0.05) is 11.3 Å². The Bertz CT molecular complexity index is 1210. The molecule has 7 heteroatoms. The van der Waals surface area contributed by atoms with E-state index in [1.807, 2.05) is 69.3 Å². The van der Waals surface area contributed by atoms with E-state index in [0.29, 0.717) is 16.4 Å². The summed E-state index contributed by atoms with van der Waals surface area (Å²) in [6, 6.07) is 15.3. The summed E-state index contributed by atoms with van der Waals surface area (Å²) in [5, 5.41) is 12.2. The lowest BCUT2D eigenvalue weighted by molar-refractivity contribution is -0.115. The van der Waals surface area contributed by atoms with Crippen LogP contribution in [0.25, 0.3) is 11.3 Å². The summed E-state index contributed by atoms with van der Waals surface area (Å²) in [5.74, 6) is -0.183. The fraction of sp³-hybridized carbons (Fsp3) is 0.250. The van der Waals surface area contributed by atoms with Crippen molar-refractivity contribution in [2.75, 3.05) is 5.32 Å². The number of thioether (sulfide) groups is 1. The van der Waals surface area contributed by atoms with Gasteiger partial charge >= 0.3 is 0 Å². The highest BCUT2D eigenvalue weighted by molar-refractivity contribution is 8.00. The van der Waals surface area contributed by atoms with Crippen LogP contribution in [-0.2, 0) is 11.2 Å². The highest BCUT2D eigenvalue weighted by Gasteiger charge is 2.20. The van der Waals surface area contributed by atoms with Gasteiger partial charge in [-0.1, -0.05) is 66.7 Å². The van der Waals surface area contributed by atoms with Crippen LogP contribution in [0, 0.1) is 25.2 Å². The Balaban J connectivity index is 1.87. The fourth-order valence-corrected chi connectivity index (χ4v) is 3.98. The Labute approximate surface area is 185 Å². The first kappa shape index (κ1) is 22.3. The van der Waals surface area contributed by atoms with Gasteiger partial charge in [0.2, 0.25) is 5.91 Å². The first-order chi connectivity index (χ1) is 14.8. The van der Waals surface area contributed by atoms with Gasteiger partial charge in [-0.05, 0) is 38.3 Å². The largest absolute Gasteiger partial charge is 0.325 e. The average molecular weight is 433 g/mol. The summed E-state index contributed by atoms with van der Waals surface area (Å²) in [6.07, 6.45) is 0.809. The van der Waals surface area contributed by atoms with Gasteiger partial charge in [-0.15, -0.1) is 0 Å². The van der Waals surface area contributed by atoms with E-state index >= 15 is 0 Å². The topological polar surface area (TPSA) is 98.6 Å². The number of aromatic amines is 1. The van der Waals surface area contributed by atoms with E-state index in [9.17, 15) is 14.9 Å². The molecule has 0 saturated heterocycles. The summed E-state index contributed by atoms with van der Waals surface area (Å²) < 4.78 is 0. The van der Waals surface area contributed by atoms with Crippen LogP contribution in [0.2, 0.25) is 0 Å². The summed E-state index contributed by atoms with van der Waals surface area (Å²) in [6.45, 7) is 7.72. The monoisotopic (exact) mass is 432 g/mol. The number of carbonyl (C=O) groups excluding carboxylic acids is 1. The third-order valence-electron chi connectivity index (χ3n) is 4.98. The van der Waals surface area contributed by atoms with Gasteiger partial charge in [-0.2, -0.15) is 5.26 Å². The number of nitrogens with one attached hydrogen (secondary N) is 2. The first-order valence-electron chi connectivity index (χ1n) is 10.0. The molecule has 6 nitrogen and oxygen atoms in total. The second-order valence-corrected chi connectivity index (χ2v) is 8.61. The number of nitriles is 1. The van der Waals surface area contributed by atoms with Crippen molar-refractivity contribution in [2.24, 2.45) is 0 Å². The zero-order chi connectivity index (χ0) is 22.5. The number of hydrogen-bond acceptors (Lipinski definition) is 5. The number of rotatable bonds is 6. The number of para-hydroxylation sites is 1. The van der Waals surface area contributed by atoms with E-state index < -0.39 is 10.8 Å². The second kappa shape index (κ2) is 9.63. The number of aryl methyl sites for hydroxylation is 3. The molecule has 0 bridgehead atoms. The molecule has 0 aliphatic rings. The van der Waals surface area contributed by atoms with Crippen LogP contribution in [0.4, 0.5) is 5.69 Å². The van der Waals surface area contributed by atoms with Crippen molar-refractivity contribution >= 4 is 23.4 Å². The number of amides is 1. The number of benzene rings is 2. The Morgan fingerprint density at radius 1 is 1.23 bits per heavy atom. The Kier molecular flexibility index (Phi) is 6.93. The Hall–Kier alpha value is -3.37. The minimum Gasteiger partial charge on any atom is -0.325 e. The Morgan fingerprint density at radius 2 is 1.94 bits per heavy atom. The van der Waals surface area contributed by atoms with Crippen molar-refractivity contribution in [3.63, 3.8) is 0 Å². The van der Waals surface area contributed by atoms with Crippen LogP contribution in [-0.4, -0.2) is 21.1 Å². The molecule has 158 valence electrons. The van der Waals surface area contributed by atoms with Gasteiger partial charge in [0.15, 0.2) is 5.16 Å². The molecule has 1 atom stereocenters. The van der Waals surface area contributed by atoms with Crippen molar-refractivity contribution < 1.29 is 4.79 Å². The summed E-state index contributed by atoms with van der Waals surface area (Å²) in [5.41, 5.74) is 4.38. The lowest BCUT2D eigenvalue weighted by Crippen LogP contribution is -2.24. The molecule has 3 rings (SSSR count). The molecular weight excluding hydrogens is 408 g/mol. The standard InChI is InChI=1S/C24H24N4O2S/c1-5-17-8-6-7-15(3)20(17)26-22(29)16(4)31-24-27-21(19(13-25)23(30)28-24)18-11-9-14(2)10-12-18/h6-12,16H,5H2,1-4H3,(H,26,29)(H,27,28,30)/t16-/m0/s1. The maximum absolute atomic E-state index is 12.8. The molecule has 0 fully saturated rings. The Morgan fingerprint density at radius 3 is 2.58 bits per heavy atom. The molecule has 1 aromatic heterocycles. The van der Waals surface area contributed by atoms with Gasteiger partial charge in [0.05, 0.1) is 10.9 Å². The van der Waals surface area contributed by atoms with Crippen molar-refractivity contribution in [1.29, 1.82) is 5.26 Å². The molecule has 2 N–H and O–H groups in total. The molecular formula is C24H24N4O2S. The quantitative estimate of drug-likeness (QED) is 0.438. The van der Waals surface area contributed by atoms with E-state index in [2.05, 4.69) is 15.3 Å². The number of hydrogen-bond donors (Lipinski definition) is 2. The zero-order valence-electron chi connectivity index (χ0n) is 17.9. The third-order valence-corrected chi connectivity index (χ3v) is 5.96. The molecule has 0 aliphatic heterocycles. The van der Waals surface area contributed by atoms with E-state index in [4.69, 9.17) is 0 Å². The molecule has 1 amide bonds. The number of nitrogens with zero attached hydrogens (tertiary/aromatic N) is 2. The highest BCUT2D eigenvalue weighted by atomic mass is 32.2. The van der Waals surface area contributed by atoms with Gasteiger partial charge in [0.25, 0.3) is 5.56 Å². The SMILES string of the molecule is CCc1cccc(C)c1NC(=O)[C@H](C)Sc1nc(-c2ccc(C)cc2)c(C#N)c(=O)[nH]1. The number of anilines is 1. The normalized spacial score (nSPS) is 11.6. The zero-order valence-corrected chi connectivity index (χ0v) is 18.8. The van der Waals surface area contributed by atoms with Crippen molar-refractivity contribution in [1.82, 2.24) is 9.97 Å². The van der Waals surface area contributed by atoms with Crippen LogP contribution in [0.15, 0.2) is 52.4 Å². The van der Waals surface area contributed by atoms with Crippen molar-refractivity contribution in [3.05, 3.63) is 75.1 Å². The minimum atomic E-state index is -0.518. The molecule has 0 saturated carbocycles. The van der Waals surface area contributed by atoms with Crippen LogP contribution in [0.1, 0.15) is 36.1 Å². The highest BCUT2D eigenvalue weighted by Crippen LogP contribution is 2.27. The maximum Gasteiger partial charge on any atom is 0.270 e. The van der Waals surface area contributed by atoms with Gasteiger partial charge in [0.1, 0.15) is 11.6 Å². The summed E-state index contributed by atoms with van der Waals surface area (Å²) in [4.78, 5) is 32.4. The lowest BCUT2D eigenvalue weighted by atomic mass is 10.1. The predicted molar refractivity (Wildman–Crippen MR) is 124 cm³/mol. The van der Waals surface area contributed by atoms with E-state index in [1.54, 1.807) is 6.92 Å². The number of carbonyl (C=O) groups is 1. The van der Waals surface area contributed by atoms with E-state index in [0.717, 1.165) is 40.6 Å². The fourth-order valence-electron chi connectivity index (χ4n) is 3.18. The smallest absolute Gasteiger partial charge is 0.270 e. The molecule has 0 spiro atoms. The van der Waals surface area contributed by atoms with Gasteiger partial charge in [-0.25, -0.2) is 4.98 Å². The number of aromatic nitrogens is 2. The second-order valence-electron chi connectivity index (χ2n) is 7.28. The predicted octanol–water partition coefficient (Wildman–Crippen LogP) is 4.61. The first-order valence-corrected chi connectivity index (χ1v) is 10.9. The summed E-state index contributed by atoms with van der Waals surface area (Å²) >= 11 is 1.15.